The van der Waals surface area contributed by atoms with E-state index >= 15 is 0 Å². The number of hydrogen-bond donors (Lipinski definition) is 0. The summed E-state index contributed by atoms with van der Waals surface area (Å²) in [6.07, 6.45) is 0. The van der Waals surface area contributed by atoms with Crippen LogP contribution < -0.4 is 0 Å². The van der Waals surface area contributed by atoms with E-state index in [-0.39, 0.29) is 5.97 Å². The van der Waals surface area contributed by atoms with Crippen molar-refractivity contribution in [1.82, 2.24) is 4.98 Å². The van der Waals surface area contributed by atoms with Crippen LogP contribution in [0.5, 0.6) is 0 Å². The number of nitrogens with zero attached hydrogens (tertiary/aromatic N) is 1. The Hall–Kier alpha value is -2.68. The summed E-state index contributed by atoms with van der Waals surface area (Å²) in [4.78, 5) is 17.4. The number of ether oxygens (including phenoxy) is 1. The van der Waals surface area contributed by atoms with Crippen molar-refractivity contribution >= 4 is 16.9 Å². The molecule has 25 heavy (non-hydrogen) atoms. The maximum atomic E-state index is 12.7. The zero-order valence-corrected chi connectivity index (χ0v) is 15.4. The number of esters is 1. The summed E-state index contributed by atoms with van der Waals surface area (Å²) in [6, 6.07) is 12.5. The molecule has 0 aliphatic heterocycles. The fourth-order valence-electron chi connectivity index (χ4n) is 3.24. The van der Waals surface area contributed by atoms with Crippen LogP contribution in [0.25, 0.3) is 22.0 Å². The van der Waals surface area contributed by atoms with E-state index in [1.54, 1.807) is 0 Å². The van der Waals surface area contributed by atoms with E-state index in [4.69, 9.17) is 4.74 Å². The van der Waals surface area contributed by atoms with Crippen LogP contribution in [-0.4, -0.2) is 17.6 Å². The molecule has 0 aliphatic carbocycles. The molecule has 0 N–H and O–H groups in total. The highest BCUT2D eigenvalue weighted by Gasteiger charge is 2.22. The minimum Gasteiger partial charge on any atom is -0.462 e. The molecule has 0 amide bonds. The third kappa shape index (κ3) is 3.14. The van der Waals surface area contributed by atoms with E-state index in [0.29, 0.717) is 17.9 Å². The number of fused-ring (bicyclic) bond motifs is 1. The highest BCUT2D eigenvalue weighted by Crippen LogP contribution is 2.36. The second kappa shape index (κ2) is 6.67. The summed E-state index contributed by atoms with van der Waals surface area (Å²) in [7, 11) is 0. The predicted molar refractivity (Wildman–Crippen MR) is 102 cm³/mol. The maximum Gasteiger partial charge on any atom is 0.340 e. The van der Waals surface area contributed by atoms with Crippen LogP contribution >= 0.6 is 0 Å². The van der Waals surface area contributed by atoms with Gasteiger partial charge in [-0.3, -0.25) is 4.98 Å². The highest BCUT2D eigenvalue weighted by atomic mass is 16.5. The molecule has 3 rings (SSSR count). The van der Waals surface area contributed by atoms with E-state index in [2.05, 4.69) is 55.2 Å². The Bertz CT molecular complexity index is 973. The summed E-state index contributed by atoms with van der Waals surface area (Å²) < 4.78 is 5.33. The summed E-state index contributed by atoms with van der Waals surface area (Å²) >= 11 is 0. The van der Waals surface area contributed by atoms with E-state index in [9.17, 15) is 4.79 Å². The topological polar surface area (TPSA) is 39.2 Å². The standard InChI is InChI=1S/C22H23NO2/c1-6-25-22(24)20-16(5)23-19-12-14(3)8-10-17(19)21(20)18-11-13(2)7-9-15(18)4/h7-12H,6H2,1-5H3. The van der Waals surface area contributed by atoms with Crippen molar-refractivity contribution < 1.29 is 9.53 Å². The number of aryl methyl sites for hydroxylation is 4. The molecule has 3 nitrogen and oxygen atoms in total. The molecule has 1 aromatic heterocycles. The third-order valence-corrected chi connectivity index (χ3v) is 4.46. The molecule has 0 aliphatic rings. The third-order valence-electron chi connectivity index (χ3n) is 4.46. The minimum atomic E-state index is -0.314. The second-order valence-electron chi connectivity index (χ2n) is 6.51. The molecule has 0 fully saturated rings. The Kier molecular flexibility index (Phi) is 4.58. The van der Waals surface area contributed by atoms with E-state index in [0.717, 1.165) is 38.7 Å². The molecule has 3 aromatic rings. The lowest BCUT2D eigenvalue weighted by Gasteiger charge is -2.17. The first-order chi connectivity index (χ1) is 11.9. The number of pyridine rings is 1. The maximum absolute atomic E-state index is 12.7. The van der Waals surface area contributed by atoms with Gasteiger partial charge in [0.1, 0.15) is 0 Å². The number of benzene rings is 2. The van der Waals surface area contributed by atoms with Gasteiger partial charge in [0.05, 0.1) is 23.4 Å². The van der Waals surface area contributed by atoms with Crippen molar-refractivity contribution in [1.29, 1.82) is 0 Å². The average molecular weight is 333 g/mol. The number of carbonyl (C=O) groups is 1. The van der Waals surface area contributed by atoms with Crippen LogP contribution in [0.4, 0.5) is 0 Å². The van der Waals surface area contributed by atoms with Gasteiger partial charge in [-0.1, -0.05) is 35.9 Å². The van der Waals surface area contributed by atoms with Crippen LogP contribution in [0, 0.1) is 27.7 Å². The molecule has 2 aromatic carbocycles. The number of carbonyl (C=O) groups excluding carboxylic acids is 1. The molecule has 0 saturated heterocycles. The van der Waals surface area contributed by atoms with Gasteiger partial charge in [-0.2, -0.15) is 0 Å². The molecule has 0 saturated carbocycles. The monoisotopic (exact) mass is 333 g/mol. The van der Waals surface area contributed by atoms with Crippen LogP contribution in [0.15, 0.2) is 36.4 Å². The van der Waals surface area contributed by atoms with E-state index in [1.807, 2.05) is 20.8 Å². The average Bonchev–Trinajstić information content (AvgIpc) is 2.55. The molecule has 0 radical (unpaired) electrons. The zero-order chi connectivity index (χ0) is 18.1. The number of aromatic nitrogens is 1. The first kappa shape index (κ1) is 17.2. The molecule has 0 atom stereocenters. The van der Waals surface area contributed by atoms with Crippen LogP contribution in [0.1, 0.15) is 39.7 Å². The van der Waals surface area contributed by atoms with Crippen molar-refractivity contribution in [2.24, 2.45) is 0 Å². The lowest BCUT2D eigenvalue weighted by Crippen LogP contribution is -2.11. The molecule has 3 heteroatoms. The fourth-order valence-corrected chi connectivity index (χ4v) is 3.24. The van der Waals surface area contributed by atoms with Gasteiger partial charge in [0.2, 0.25) is 0 Å². The smallest absolute Gasteiger partial charge is 0.340 e. The Balaban J connectivity index is 2.45. The van der Waals surface area contributed by atoms with Gasteiger partial charge in [-0.05, 0) is 57.4 Å². The van der Waals surface area contributed by atoms with E-state index in [1.165, 1.54) is 0 Å². The number of rotatable bonds is 3. The van der Waals surface area contributed by atoms with Gasteiger partial charge >= 0.3 is 5.97 Å². The van der Waals surface area contributed by atoms with Crippen molar-refractivity contribution in [2.75, 3.05) is 6.61 Å². The summed E-state index contributed by atoms with van der Waals surface area (Å²) in [5.41, 5.74) is 7.58. The predicted octanol–water partition coefficient (Wildman–Crippen LogP) is 5.31. The lowest BCUT2D eigenvalue weighted by atomic mass is 9.90. The fraction of sp³-hybridized carbons (Fsp3) is 0.273. The van der Waals surface area contributed by atoms with Crippen LogP contribution in [0.2, 0.25) is 0 Å². The zero-order valence-electron chi connectivity index (χ0n) is 15.4. The van der Waals surface area contributed by atoms with Crippen molar-refractivity contribution in [3.05, 3.63) is 64.3 Å². The van der Waals surface area contributed by atoms with Gasteiger partial charge in [0.25, 0.3) is 0 Å². The summed E-state index contributed by atoms with van der Waals surface area (Å²) in [6.45, 7) is 10.2. The molecular weight excluding hydrogens is 310 g/mol. The molecular formula is C22H23NO2. The Morgan fingerprint density at radius 3 is 2.40 bits per heavy atom. The van der Waals surface area contributed by atoms with Gasteiger partial charge < -0.3 is 4.74 Å². The first-order valence-corrected chi connectivity index (χ1v) is 8.58. The largest absolute Gasteiger partial charge is 0.462 e. The Morgan fingerprint density at radius 2 is 1.68 bits per heavy atom. The minimum absolute atomic E-state index is 0.314. The molecule has 0 bridgehead atoms. The van der Waals surface area contributed by atoms with Gasteiger partial charge in [-0.15, -0.1) is 0 Å². The van der Waals surface area contributed by atoms with E-state index < -0.39 is 0 Å². The van der Waals surface area contributed by atoms with Crippen molar-refractivity contribution in [3.63, 3.8) is 0 Å². The van der Waals surface area contributed by atoms with Gasteiger partial charge in [-0.25, -0.2) is 4.79 Å². The van der Waals surface area contributed by atoms with Crippen LogP contribution in [0.3, 0.4) is 0 Å². The summed E-state index contributed by atoms with van der Waals surface area (Å²) in [5, 5.41) is 0.980. The summed E-state index contributed by atoms with van der Waals surface area (Å²) in [5.74, 6) is -0.314. The normalized spacial score (nSPS) is 10.9. The first-order valence-electron chi connectivity index (χ1n) is 8.58. The lowest BCUT2D eigenvalue weighted by molar-refractivity contribution is 0.0526. The molecule has 0 spiro atoms. The molecule has 0 unspecified atom stereocenters. The van der Waals surface area contributed by atoms with Crippen molar-refractivity contribution in [2.45, 2.75) is 34.6 Å². The molecule has 128 valence electrons. The van der Waals surface area contributed by atoms with Crippen molar-refractivity contribution in [3.8, 4) is 11.1 Å². The Morgan fingerprint density at radius 1 is 1.00 bits per heavy atom. The quantitative estimate of drug-likeness (QED) is 0.610. The SMILES string of the molecule is CCOC(=O)c1c(C)nc2cc(C)ccc2c1-c1cc(C)ccc1C. The highest BCUT2D eigenvalue weighted by molar-refractivity contribution is 6.08. The second-order valence-corrected chi connectivity index (χ2v) is 6.51. The Labute approximate surface area is 148 Å². The number of hydrogen-bond acceptors (Lipinski definition) is 3. The van der Waals surface area contributed by atoms with Gasteiger partial charge in [0, 0.05) is 10.9 Å². The van der Waals surface area contributed by atoms with Crippen LogP contribution in [-0.2, 0) is 4.74 Å². The van der Waals surface area contributed by atoms with Gasteiger partial charge in [0.15, 0.2) is 0 Å². The molecule has 1 heterocycles.